The Labute approximate surface area is 133 Å². The summed E-state index contributed by atoms with van der Waals surface area (Å²) >= 11 is 1.61. The van der Waals surface area contributed by atoms with Crippen LogP contribution in [-0.4, -0.2) is 35.4 Å². The number of thiophene rings is 1. The van der Waals surface area contributed by atoms with Crippen molar-refractivity contribution in [2.75, 3.05) is 13.2 Å². The highest BCUT2D eigenvalue weighted by molar-refractivity contribution is 7.08. The first-order chi connectivity index (χ1) is 10.8. The van der Waals surface area contributed by atoms with Crippen LogP contribution in [0.25, 0.3) is 11.3 Å². The van der Waals surface area contributed by atoms with Gasteiger partial charge in [0.2, 0.25) is 0 Å². The summed E-state index contributed by atoms with van der Waals surface area (Å²) in [6.45, 7) is 1.52. The van der Waals surface area contributed by atoms with Crippen molar-refractivity contribution < 1.29 is 9.53 Å². The monoisotopic (exact) mass is 317 g/mol. The third-order valence-corrected chi connectivity index (χ3v) is 5.72. The van der Waals surface area contributed by atoms with E-state index >= 15 is 0 Å². The van der Waals surface area contributed by atoms with Crippen LogP contribution in [0.2, 0.25) is 0 Å². The average molecular weight is 317 g/mol. The van der Waals surface area contributed by atoms with Crippen LogP contribution in [-0.2, 0) is 4.74 Å². The molecule has 0 bridgehead atoms. The number of hydrogen-bond donors (Lipinski definition) is 2. The fourth-order valence-corrected chi connectivity index (χ4v) is 4.43. The molecule has 2 aromatic heterocycles. The highest BCUT2D eigenvalue weighted by Crippen LogP contribution is 2.46. The van der Waals surface area contributed by atoms with Gasteiger partial charge < -0.3 is 10.1 Å². The normalized spacial score (nSPS) is 27.0. The SMILES string of the molecule is O=C(NC[C@]12CCC[C@H]1OCC2)c1cn[nH]c1-c1ccsc1. The molecule has 2 aromatic rings. The van der Waals surface area contributed by atoms with E-state index in [1.165, 1.54) is 6.42 Å². The first-order valence-electron chi connectivity index (χ1n) is 7.74. The molecular formula is C16H19N3O2S. The van der Waals surface area contributed by atoms with Crippen molar-refractivity contribution >= 4 is 17.2 Å². The van der Waals surface area contributed by atoms with E-state index in [9.17, 15) is 4.79 Å². The Hall–Kier alpha value is -1.66. The Morgan fingerprint density at radius 1 is 1.55 bits per heavy atom. The molecule has 116 valence electrons. The largest absolute Gasteiger partial charge is 0.378 e. The van der Waals surface area contributed by atoms with Crippen LogP contribution in [0.3, 0.4) is 0 Å². The van der Waals surface area contributed by atoms with Gasteiger partial charge in [0.25, 0.3) is 5.91 Å². The Balaban J connectivity index is 1.48. The van der Waals surface area contributed by atoms with Gasteiger partial charge >= 0.3 is 0 Å². The van der Waals surface area contributed by atoms with Crippen molar-refractivity contribution in [3.63, 3.8) is 0 Å². The molecule has 2 N–H and O–H groups in total. The minimum absolute atomic E-state index is 0.0538. The van der Waals surface area contributed by atoms with Gasteiger partial charge in [-0.15, -0.1) is 0 Å². The first kappa shape index (κ1) is 14.0. The maximum Gasteiger partial charge on any atom is 0.255 e. The lowest BCUT2D eigenvalue weighted by atomic mass is 9.83. The summed E-state index contributed by atoms with van der Waals surface area (Å²) in [6.07, 6.45) is 6.47. The van der Waals surface area contributed by atoms with Crippen LogP contribution < -0.4 is 5.32 Å². The van der Waals surface area contributed by atoms with Gasteiger partial charge in [-0.2, -0.15) is 16.4 Å². The number of nitrogens with zero attached hydrogens (tertiary/aromatic N) is 1. The van der Waals surface area contributed by atoms with Gasteiger partial charge in [0.15, 0.2) is 0 Å². The van der Waals surface area contributed by atoms with E-state index < -0.39 is 0 Å². The highest BCUT2D eigenvalue weighted by atomic mass is 32.1. The molecule has 6 heteroatoms. The minimum atomic E-state index is -0.0538. The second kappa shape index (κ2) is 5.52. The molecule has 22 heavy (non-hydrogen) atoms. The number of hydrogen-bond acceptors (Lipinski definition) is 4. The van der Waals surface area contributed by atoms with Gasteiger partial charge in [0.1, 0.15) is 0 Å². The summed E-state index contributed by atoms with van der Waals surface area (Å²) in [7, 11) is 0. The summed E-state index contributed by atoms with van der Waals surface area (Å²) in [6, 6.07) is 1.99. The smallest absolute Gasteiger partial charge is 0.255 e. The minimum Gasteiger partial charge on any atom is -0.378 e. The molecule has 1 amide bonds. The van der Waals surface area contributed by atoms with Crippen LogP contribution in [0.1, 0.15) is 36.0 Å². The molecule has 1 saturated heterocycles. The lowest BCUT2D eigenvalue weighted by molar-refractivity contribution is 0.0669. The number of rotatable bonds is 4. The molecule has 3 heterocycles. The van der Waals surface area contributed by atoms with Crippen LogP contribution >= 0.6 is 11.3 Å². The van der Waals surface area contributed by atoms with E-state index in [0.29, 0.717) is 18.2 Å². The van der Waals surface area contributed by atoms with E-state index in [2.05, 4.69) is 15.5 Å². The molecule has 4 rings (SSSR count). The molecule has 5 nitrogen and oxygen atoms in total. The zero-order chi connectivity index (χ0) is 15.0. The van der Waals surface area contributed by atoms with Crippen molar-refractivity contribution in [2.24, 2.45) is 5.41 Å². The van der Waals surface area contributed by atoms with Gasteiger partial charge in [0, 0.05) is 29.5 Å². The molecule has 1 aliphatic heterocycles. The van der Waals surface area contributed by atoms with Crippen LogP contribution in [0.15, 0.2) is 23.0 Å². The predicted octanol–water partition coefficient (Wildman–Crippen LogP) is 2.83. The fourth-order valence-electron chi connectivity index (χ4n) is 3.78. The lowest BCUT2D eigenvalue weighted by Gasteiger charge is -2.27. The molecule has 0 aromatic carbocycles. The van der Waals surface area contributed by atoms with E-state index in [1.54, 1.807) is 17.5 Å². The quantitative estimate of drug-likeness (QED) is 0.911. The predicted molar refractivity (Wildman–Crippen MR) is 84.9 cm³/mol. The Kier molecular flexibility index (Phi) is 3.50. The maximum atomic E-state index is 12.6. The Morgan fingerprint density at radius 3 is 3.36 bits per heavy atom. The molecule has 1 aliphatic carbocycles. The van der Waals surface area contributed by atoms with Crippen LogP contribution in [0, 0.1) is 5.41 Å². The highest BCUT2D eigenvalue weighted by Gasteiger charge is 2.47. The number of amides is 1. The van der Waals surface area contributed by atoms with Gasteiger partial charge in [-0.1, -0.05) is 6.42 Å². The fraction of sp³-hybridized carbons (Fsp3) is 0.500. The zero-order valence-electron chi connectivity index (χ0n) is 12.3. The third kappa shape index (κ3) is 2.27. The van der Waals surface area contributed by atoms with Crippen molar-refractivity contribution in [1.29, 1.82) is 0 Å². The van der Waals surface area contributed by atoms with Crippen molar-refractivity contribution in [3.05, 3.63) is 28.6 Å². The van der Waals surface area contributed by atoms with Gasteiger partial charge in [-0.3, -0.25) is 9.89 Å². The number of carbonyl (C=O) groups excluding carboxylic acids is 1. The molecule has 2 aliphatic rings. The number of fused-ring (bicyclic) bond motifs is 1. The maximum absolute atomic E-state index is 12.6. The summed E-state index contributed by atoms with van der Waals surface area (Å²) in [5.41, 5.74) is 2.57. The number of aromatic nitrogens is 2. The second-order valence-electron chi connectivity index (χ2n) is 6.22. The van der Waals surface area contributed by atoms with E-state index in [4.69, 9.17) is 4.74 Å². The topological polar surface area (TPSA) is 67.0 Å². The zero-order valence-corrected chi connectivity index (χ0v) is 13.1. The number of H-pyrrole nitrogens is 1. The Bertz CT molecular complexity index is 655. The molecule has 2 atom stereocenters. The van der Waals surface area contributed by atoms with Crippen molar-refractivity contribution in [3.8, 4) is 11.3 Å². The van der Waals surface area contributed by atoms with Crippen LogP contribution in [0.4, 0.5) is 0 Å². The summed E-state index contributed by atoms with van der Waals surface area (Å²) < 4.78 is 5.82. The second-order valence-corrected chi connectivity index (χ2v) is 7.00. The molecule has 0 radical (unpaired) electrons. The molecule has 1 saturated carbocycles. The standard InChI is InChI=1S/C16H19N3O2S/c20-15(12-8-18-19-14(12)11-3-7-22-9-11)17-10-16-4-1-2-13(16)21-6-5-16/h3,7-9,13H,1-2,4-6,10H2,(H,17,20)(H,18,19)/t13-,16-/m1/s1. The van der Waals surface area contributed by atoms with E-state index in [0.717, 1.165) is 37.1 Å². The van der Waals surface area contributed by atoms with Gasteiger partial charge in [-0.25, -0.2) is 0 Å². The first-order valence-corrected chi connectivity index (χ1v) is 8.69. The average Bonchev–Trinajstić information content (AvgIpc) is 3.26. The number of aromatic amines is 1. The van der Waals surface area contributed by atoms with Gasteiger partial charge in [0.05, 0.1) is 23.6 Å². The number of nitrogens with one attached hydrogen (secondary N) is 2. The van der Waals surface area contributed by atoms with Crippen molar-refractivity contribution in [2.45, 2.75) is 31.8 Å². The van der Waals surface area contributed by atoms with Crippen LogP contribution in [0.5, 0.6) is 0 Å². The van der Waals surface area contributed by atoms with Gasteiger partial charge in [-0.05, 0) is 30.7 Å². The molecule has 2 fully saturated rings. The summed E-state index contributed by atoms with van der Waals surface area (Å²) in [4.78, 5) is 12.6. The third-order valence-electron chi connectivity index (χ3n) is 5.04. The Morgan fingerprint density at radius 2 is 2.50 bits per heavy atom. The lowest BCUT2D eigenvalue weighted by Crippen LogP contribution is -2.39. The molecule has 0 spiro atoms. The molecular weight excluding hydrogens is 298 g/mol. The summed E-state index contributed by atoms with van der Waals surface area (Å²) in [5.74, 6) is -0.0538. The van der Waals surface area contributed by atoms with Crippen molar-refractivity contribution in [1.82, 2.24) is 15.5 Å². The van der Waals surface area contributed by atoms with E-state index in [-0.39, 0.29) is 11.3 Å². The van der Waals surface area contributed by atoms with E-state index in [1.807, 2.05) is 16.8 Å². The number of carbonyl (C=O) groups is 1. The number of ether oxygens (including phenoxy) is 1. The molecule has 0 unspecified atom stereocenters. The summed E-state index contributed by atoms with van der Waals surface area (Å²) in [5, 5.41) is 14.1.